The Morgan fingerprint density at radius 3 is 2.95 bits per heavy atom. The Bertz CT molecular complexity index is 843. The van der Waals surface area contributed by atoms with E-state index >= 15 is 0 Å². The van der Waals surface area contributed by atoms with E-state index < -0.39 is 0 Å². The van der Waals surface area contributed by atoms with Gasteiger partial charge in [0.05, 0.1) is 5.39 Å². The molecule has 0 saturated carbocycles. The Balaban J connectivity index is 1.76. The molecule has 0 radical (unpaired) electrons. The van der Waals surface area contributed by atoms with E-state index in [0.717, 1.165) is 23.5 Å². The van der Waals surface area contributed by atoms with Crippen LogP contribution in [0.3, 0.4) is 0 Å². The molecule has 1 aliphatic carbocycles. The van der Waals surface area contributed by atoms with Crippen molar-refractivity contribution in [2.75, 3.05) is 11.9 Å². The second-order valence-corrected chi connectivity index (χ2v) is 6.77. The fraction of sp³-hybridized carbons (Fsp3) is 0.294. The molecule has 2 aromatic heterocycles. The fourth-order valence-electron chi connectivity index (χ4n) is 3.16. The summed E-state index contributed by atoms with van der Waals surface area (Å²) in [5.74, 6) is 0.739. The average Bonchev–Trinajstić information content (AvgIpc) is 3.09. The molecule has 1 aliphatic rings. The summed E-state index contributed by atoms with van der Waals surface area (Å²) in [6.07, 6.45) is 5.07. The van der Waals surface area contributed by atoms with Crippen LogP contribution in [0.25, 0.3) is 10.2 Å². The van der Waals surface area contributed by atoms with Gasteiger partial charge in [-0.25, -0.2) is 14.4 Å². The van der Waals surface area contributed by atoms with E-state index in [1.807, 2.05) is 24.1 Å². The van der Waals surface area contributed by atoms with Gasteiger partial charge in [-0.3, -0.25) is 0 Å². The number of aryl methyl sites for hydroxylation is 2. The van der Waals surface area contributed by atoms with Crippen molar-refractivity contribution in [3.05, 3.63) is 52.4 Å². The predicted molar refractivity (Wildman–Crippen MR) is 87.9 cm³/mol. The number of aromatic nitrogens is 2. The summed E-state index contributed by atoms with van der Waals surface area (Å²) in [6.45, 7) is 0.503. The second-order valence-electron chi connectivity index (χ2n) is 5.68. The lowest BCUT2D eigenvalue weighted by Gasteiger charge is -2.19. The predicted octanol–water partition coefficient (Wildman–Crippen LogP) is 3.96. The lowest BCUT2D eigenvalue weighted by Crippen LogP contribution is -2.19. The number of benzene rings is 1. The number of anilines is 1. The molecule has 5 heteroatoms. The van der Waals surface area contributed by atoms with E-state index in [9.17, 15) is 4.39 Å². The zero-order valence-electron chi connectivity index (χ0n) is 12.3. The molecular weight excluding hydrogens is 297 g/mol. The zero-order valence-corrected chi connectivity index (χ0v) is 13.2. The zero-order chi connectivity index (χ0) is 15.1. The molecule has 3 aromatic rings. The highest BCUT2D eigenvalue weighted by molar-refractivity contribution is 7.19. The monoisotopic (exact) mass is 313 g/mol. The van der Waals surface area contributed by atoms with Crippen LogP contribution < -0.4 is 4.90 Å². The number of thiophene rings is 1. The van der Waals surface area contributed by atoms with Crippen molar-refractivity contribution in [1.29, 1.82) is 0 Å². The first-order valence-electron chi connectivity index (χ1n) is 7.44. The van der Waals surface area contributed by atoms with Crippen molar-refractivity contribution in [1.82, 2.24) is 9.97 Å². The normalized spacial score (nSPS) is 13.5. The molecule has 0 unspecified atom stereocenters. The van der Waals surface area contributed by atoms with Crippen LogP contribution in [0.4, 0.5) is 10.2 Å². The maximum Gasteiger partial charge on any atom is 0.141 e. The van der Waals surface area contributed by atoms with Crippen LogP contribution in [-0.4, -0.2) is 17.0 Å². The van der Waals surface area contributed by atoms with Crippen LogP contribution in [-0.2, 0) is 19.4 Å². The van der Waals surface area contributed by atoms with Crippen molar-refractivity contribution in [3.63, 3.8) is 0 Å². The van der Waals surface area contributed by atoms with Gasteiger partial charge in [0.2, 0.25) is 0 Å². The van der Waals surface area contributed by atoms with Crippen molar-refractivity contribution in [2.45, 2.75) is 25.8 Å². The van der Waals surface area contributed by atoms with Crippen LogP contribution in [0.1, 0.15) is 22.4 Å². The molecule has 0 bridgehead atoms. The molecule has 0 N–H and O–H groups in total. The van der Waals surface area contributed by atoms with E-state index in [-0.39, 0.29) is 5.82 Å². The van der Waals surface area contributed by atoms with Crippen LogP contribution in [0.5, 0.6) is 0 Å². The maximum atomic E-state index is 13.9. The summed E-state index contributed by atoms with van der Waals surface area (Å²) in [5, 5.41) is 1.17. The first-order valence-corrected chi connectivity index (χ1v) is 8.25. The molecule has 0 saturated heterocycles. The smallest absolute Gasteiger partial charge is 0.141 e. The molecule has 0 atom stereocenters. The molecule has 0 spiro atoms. The summed E-state index contributed by atoms with van der Waals surface area (Å²) >= 11 is 1.78. The van der Waals surface area contributed by atoms with Gasteiger partial charge in [-0.2, -0.15) is 0 Å². The molecule has 112 valence electrons. The summed E-state index contributed by atoms with van der Waals surface area (Å²) in [4.78, 5) is 13.4. The second kappa shape index (κ2) is 5.32. The van der Waals surface area contributed by atoms with Gasteiger partial charge in [0.25, 0.3) is 0 Å². The van der Waals surface area contributed by atoms with E-state index in [1.165, 1.54) is 28.3 Å². The third-order valence-corrected chi connectivity index (χ3v) is 5.41. The number of halogens is 1. The standard InChI is InChI=1S/C17H16FN3S/c1-21(9-11-5-2-3-7-13(11)18)16-15-12-6-4-8-14(12)22-17(15)20-10-19-16/h2-3,5,7,10H,4,6,8-9H2,1H3. The van der Waals surface area contributed by atoms with Crippen molar-refractivity contribution in [2.24, 2.45) is 0 Å². The molecule has 0 aliphatic heterocycles. The number of hydrogen-bond donors (Lipinski definition) is 0. The summed E-state index contributed by atoms with van der Waals surface area (Å²) in [7, 11) is 1.97. The van der Waals surface area contributed by atoms with Gasteiger partial charge in [0.15, 0.2) is 0 Å². The minimum atomic E-state index is -0.171. The molecule has 0 amide bonds. The van der Waals surface area contributed by atoms with Gasteiger partial charge in [0.1, 0.15) is 22.8 Å². The average molecular weight is 313 g/mol. The highest BCUT2D eigenvalue weighted by Crippen LogP contribution is 2.40. The van der Waals surface area contributed by atoms with Gasteiger partial charge < -0.3 is 4.90 Å². The highest BCUT2D eigenvalue weighted by atomic mass is 32.1. The van der Waals surface area contributed by atoms with Crippen molar-refractivity contribution >= 4 is 27.4 Å². The van der Waals surface area contributed by atoms with Gasteiger partial charge in [-0.05, 0) is 30.9 Å². The Morgan fingerprint density at radius 1 is 1.23 bits per heavy atom. The minimum absolute atomic E-state index is 0.171. The highest BCUT2D eigenvalue weighted by Gasteiger charge is 2.22. The number of hydrogen-bond acceptors (Lipinski definition) is 4. The first kappa shape index (κ1) is 13.6. The lowest BCUT2D eigenvalue weighted by atomic mass is 10.1. The molecule has 0 fully saturated rings. The van der Waals surface area contributed by atoms with Crippen LogP contribution >= 0.6 is 11.3 Å². The SMILES string of the molecule is CN(Cc1ccccc1F)c1ncnc2sc3c(c12)CCC3. The summed E-state index contributed by atoms with van der Waals surface area (Å²) in [6, 6.07) is 6.90. The molecule has 2 heterocycles. The molecular formula is C17H16FN3S. The van der Waals surface area contributed by atoms with Gasteiger partial charge in [-0.15, -0.1) is 11.3 Å². The van der Waals surface area contributed by atoms with Gasteiger partial charge in [-0.1, -0.05) is 18.2 Å². The third kappa shape index (κ3) is 2.16. The van der Waals surface area contributed by atoms with E-state index in [1.54, 1.807) is 23.7 Å². The topological polar surface area (TPSA) is 29.0 Å². The van der Waals surface area contributed by atoms with E-state index in [2.05, 4.69) is 9.97 Å². The Morgan fingerprint density at radius 2 is 2.09 bits per heavy atom. The van der Waals surface area contributed by atoms with Gasteiger partial charge >= 0.3 is 0 Å². The minimum Gasteiger partial charge on any atom is -0.355 e. The third-order valence-electron chi connectivity index (χ3n) is 4.21. The van der Waals surface area contributed by atoms with E-state index in [4.69, 9.17) is 0 Å². The Labute approximate surface area is 132 Å². The molecule has 4 rings (SSSR count). The van der Waals surface area contributed by atoms with Gasteiger partial charge in [0, 0.05) is 24.0 Å². The largest absolute Gasteiger partial charge is 0.355 e. The Hall–Kier alpha value is -2.01. The Kier molecular flexibility index (Phi) is 3.30. The first-order chi connectivity index (χ1) is 10.7. The number of fused-ring (bicyclic) bond motifs is 3. The van der Waals surface area contributed by atoms with Crippen LogP contribution in [0.2, 0.25) is 0 Å². The summed E-state index contributed by atoms with van der Waals surface area (Å²) in [5.41, 5.74) is 2.08. The van der Waals surface area contributed by atoms with Crippen LogP contribution in [0.15, 0.2) is 30.6 Å². The quantitative estimate of drug-likeness (QED) is 0.733. The maximum absolute atomic E-state index is 13.9. The fourth-order valence-corrected chi connectivity index (χ4v) is 4.38. The number of rotatable bonds is 3. The summed E-state index contributed by atoms with van der Waals surface area (Å²) < 4.78 is 13.9. The van der Waals surface area contributed by atoms with Crippen LogP contribution in [0, 0.1) is 5.82 Å². The number of nitrogens with zero attached hydrogens (tertiary/aromatic N) is 3. The van der Waals surface area contributed by atoms with Crippen molar-refractivity contribution in [3.8, 4) is 0 Å². The molecule has 22 heavy (non-hydrogen) atoms. The molecule has 1 aromatic carbocycles. The molecule has 3 nitrogen and oxygen atoms in total. The van der Waals surface area contributed by atoms with E-state index in [0.29, 0.717) is 12.1 Å². The lowest BCUT2D eigenvalue weighted by molar-refractivity contribution is 0.607. The van der Waals surface area contributed by atoms with Crippen molar-refractivity contribution < 1.29 is 4.39 Å².